The molecule has 0 spiro atoms. The van der Waals surface area contributed by atoms with Gasteiger partial charge in [-0.3, -0.25) is 4.79 Å². The highest BCUT2D eigenvalue weighted by atomic mass is 16.5. The average Bonchev–Trinajstić information content (AvgIpc) is 3.34. The van der Waals surface area contributed by atoms with Crippen LogP contribution in [0.25, 0.3) is 0 Å². The molecular formula is C17H21N3O3. The third kappa shape index (κ3) is 3.31. The van der Waals surface area contributed by atoms with Crippen molar-refractivity contribution in [3.05, 3.63) is 42.0 Å². The van der Waals surface area contributed by atoms with E-state index >= 15 is 0 Å². The number of rotatable bonds is 6. The number of hydrogen-bond acceptors (Lipinski definition) is 4. The monoisotopic (exact) mass is 315 g/mol. The van der Waals surface area contributed by atoms with Gasteiger partial charge in [-0.2, -0.15) is 0 Å². The van der Waals surface area contributed by atoms with Gasteiger partial charge in [-0.05, 0) is 30.5 Å². The highest BCUT2D eigenvalue weighted by Gasteiger charge is 2.32. The molecule has 122 valence electrons. The van der Waals surface area contributed by atoms with Gasteiger partial charge in [0.05, 0.1) is 14.2 Å². The molecule has 1 unspecified atom stereocenters. The summed E-state index contributed by atoms with van der Waals surface area (Å²) in [5.74, 6) is 2.33. The Bertz CT molecular complexity index is 685. The highest BCUT2D eigenvalue weighted by molar-refractivity contribution is 5.81. The normalized spacial score (nSPS) is 15.1. The van der Waals surface area contributed by atoms with Crippen LogP contribution in [0.3, 0.4) is 0 Å². The lowest BCUT2D eigenvalue weighted by Crippen LogP contribution is -2.32. The molecule has 1 heterocycles. The fourth-order valence-corrected chi connectivity index (χ4v) is 2.55. The topological polar surface area (TPSA) is 65.4 Å². The van der Waals surface area contributed by atoms with Crippen LogP contribution in [-0.4, -0.2) is 29.7 Å². The van der Waals surface area contributed by atoms with E-state index < -0.39 is 0 Å². The number of aryl methyl sites for hydroxylation is 1. The molecule has 0 saturated heterocycles. The van der Waals surface area contributed by atoms with Crippen molar-refractivity contribution in [1.29, 1.82) is 0 Å². The summed E-state index contributed by atoms with van der Waals surface area (Å²) in [4.78, 5) is 16.7. The Morgan fingerprint density at radius 1 is 1.26 bits per heavy atom. The molecule has 1 aromatic carbocycles. The summed E-state index contributed by atoms with van der Waals surface area (Å²) in [5, 5.41) is 3.11. The Morgan fingerprint density at radius 3 is 2.39 bits per heavy atom. The number of imidazole rings is 1. The van der Waals surface area contributed by atoms with Crippen LogP contribution in [0.4, 0.5) is 0 Å². The third-order valence-electron chi connectivity index (χ3n) is 4.06. The molecule has 1 aliphatic rings. The summed E-state index contributed by atoms with van der Waals surface area (Å²) in [6, 6.07) is 5.26. The van der Waals surface area contributed by atoms with E-state index in [1.165, 1.54) is 0 Å². The van der Waals surface area contributed by atoms with Crippen molar-refractivity contribution in [2.24, 2.45) is 13.0 Å². The molecule has 6 nitrogen and oxygen atoms in total. The molecule has 6 heteroatoms. The molecule has 0 aliphatic heterocycles. The predicted octanol–water partition coefficient (Wildman–Crippen LogP) is 2.05. The van der Waals surface area contributed by atoms with E-state index in [4.69, 9.17) is 9.47 Å². The SMILES string of the molecule is COc1cc(OC)cc(C(NC(=O)C2CC2)c2nccn2C)c1. The fraction of sp³-hybridized carbons (Fsp3) is 0.412. The average molecular weight is 315 g/mol. The van der Waals surface area contributed by atoms with Gasteiger partial charge in [-0.15, -0.1) is 0 Å². The van der Waals surface area contributed by atoms with Crippen molar-refractivity contribution >= 4 is 5.91 Å². The molecule has 1 fully saturated rings. The van der Waals surface area contributed by atoms with E-state index in [9.17, 15) is 4.79 Å². The first-order chi connectivity index (χ1) is 11.1. The number of aromatic nitrogens is 2. The van der Waals surface area contributed by atoms with Gasteiger partial charge in [0.15, 0.2) is 0 Å². The van der Waals surface area contributed by atoms with Crippen LogP contribution >= 0.6 is 0 Å². The second-order valence-electron chi connectivity index (χ2n) is 5.76. The number of carbonyl (C=O) groups excluding carboxylic acids is 1. The Balaban J connectivity index is 2.00. The molecular weight excluding hydrogens is 294 g/mol. The van der Waals surface area contributed by atoms with E-state index in [-0.39, 0.29) is 17.9 Å². The van der Waals surface area contributed by atoms with Gasteiger partial charge in [0.1, 0.15) is 23.4 Å². The first kappa shape index (κ1) is 15.4. The molecule has 1 N–H and O–H groups in total. The number of methoxy groups -OCH3 is 2. The van der Waals surface area contributed by atoms with Gasteiger partial charge < -0.3 is 19.4 Å². The molecule has 0 bridgehead atoms. The van der Waals surface area contributed by atoms with Crippen molar-refractivity contribution in [3.63, 3.8) is 0 Å². The number of nitrogens with one attached hydrogen (secondary N) is 1. The zero-order valence-electron chi connectivity index (χ0n) is 13.6. The van der Waals surface area contributed by atoms with E-state index in [2.05, 4.69) is 10.3 Å². The first-order valence-corrected chi connectivity index (χ1v) is 7.63. The maximum atomic E-state index is 12.3. The molecule has 1 amide bonds. The van der Waals surface area contributed by atoms with E-state index in [1.807, 2.05) is 36.0 Å². The minimum Gasteiger partial charge on any atom is -0.497 e. The Morgan fingerprint density at radius 2 is 1.91 bits per heavy atom. The lowest BCUT2D eigenvalue weighted by atomic mass is 10.0. The first-order valence-electron chi connectivity index (χ1n) is 7.63. The number of hydrogen-bond donors (Lipinski definition) is 1. The maximum absolute atomic E-state index is 12.3. The lowest BCUT2D eigenvalue weighted by molar-refractivity contribution is -0.122. The minimum atomic E-state index is -0.341. The summed E-state index contributed by atoms with van der Waals surface area (Å²) in [7, 11) is 5.13. The third-order valence-corrected chi connectivity index (χ3v) is 4.06. The van der Waals surface area contributed by atoms with Gasteiger partial charge in [-0.1, -0.05) is 0 Å². The summed E-state index contributed by atoms with van der Waals surface area (Å²) in [6.45, 7) is 0. The number of nitrogens with zero attached hydrogens (tertiary/aromatic N) is 2. The standard InChI is InChI=1S/C17H21N3O3/c1-20-7-6-18-16(20)15(19-17(21)11-4-5-11)12-8-13(22-2)10-14(9-12)23-3/h6-11,15H,4-5H2,1-3H3,(H,19,21). The highest BCUT2D eigenvalue weighted by Crippen LogP contribution is 2.33. The van der Waals surface area contributed by atoms with Crippen LogP contribution in [0.15, 0.2) is 30.6 Å². The van der Waals surface area contributed by atoms with Crippen molar-refractivity contribution in [3.8, 4) is 11.5 Å². The molecule has 1 aromatic heterocycles. The van der Waals surface area contributed by atoms with Crippen LogP contribution in [0.1, 0.15) is 30.3 Å². The fourth-order valence-electron chi connectivity index (χ4n) is 2.55. The van der Waals surface area contributed by atoms with Crippen LogP contribution in [0.2, 0.25) is 0 Å². The quantitative estimate of drug-likeness (QED) is 0.886. The van der Waals surface area contributed by atoms with Gasteiger partial charge in [0, 0.05) is 31.4 Å². The van der Waals surface area contributed by atoms with E-state index in [0.29, 0.717) is 11.5 Å². The minimum absolute atomic E-state index is 0.0692. The van der Waals surface area contributed by atoms with Crippen molar-refractivity contribution in [2.45, 2.75) is 18.9 Å². The van der Waals surface area contributed by atoms with Crippen molar-refractivity contribution in [1.82, 2.24) is 14.9 Å². The number of benzene rings is 1. The molecule has 3 rings (SSSR count). The summed E-state index contributed by atoms with van der Waals surface area (Å²) < 4.78 is 12.6. The molecule has 2 aromatic rings. The number of amides is 1. The predicted molar refractivity (Wildman–Crippen MR) is 85.5 cm³/mol. The number of carbonyl (C=O) groups is 1. The molecule has 0 radical (unpaired) electrons. The Hall–Kier alpha value is -2.50. The Labute approximate surface area is 135 Å². The van der Waals surface area contributed by atoms with E-state index in [1.54, 1.807) is 20.4 Å². The van der Waals surface area contributed by atoms with Crippen LogP contribution in [0.5, 0.6) is 11.5 Å². The smallest absolute Gasteiger partial charge is 0.223 e. The van der Waals surface area contributed by atoms with Gasteiger partial charge in [0.25, 0.3) is 0 Å². The molecule has 1 atom stereocenters. The maximum Gasteiger partial charge on any atom is 0.223 e. The second-order valence-corrected chi connectivity index (χ2v) is 5.76. The Kier molecular flexibility index (Phi) is 4.23. The van der Waals surface area contributed by atoms with Crippen molar-refractivity contribution < 1.29 is 14.3 Å². The number of ether oxygens (including phenoxy) is 2. The van der Waals surface area contributed by atoms with Crippen molar-refractivity contribution in [2.75, 3.05) is 14.2 Å². The summed E-state index contributed by atoms with van der Waals surface area (Å²) in [5.41, 5.74) is 0.879. The van der Waals surface area contributed by atoms with Crippen LogP contribution < -0.4 is 14.8 Å². The second kappa shape index (κ2) is 6.32. The largest absolute Gasteiger partial charge is 0.497 e. The molecule has 1 saturated carbocycles. The zero-order valence-corrected chi connectivity index (χ0v) is 13.6. The van der Waals surface area contributed by atoms with Gasteiger partial charge in [-0.25, -0.2) is 4.98 Å². The summed E-state index contributed by atoms with van der Waals surface area (Å²) in [6.07, 6.45) is 5.51. The molecule has 23 heavy (non-hydrogen) atoms. The van der Waals surface area contributed by atoms with Crippen LogP contribution in [0, 0.1) is 5.92 Å². The zero-order chi connectivity index (χ0) is 16.4. The van der Waals surface area contributed by atoms with Crippen LogP contribution in [-0.2, 0) is 11.8 Å². The lowest BCUT2D eigenvalue weighted by Gasteiger charge is -2.20. The summed E-state index contributed by atoms with van der Waals surface area (Å²) >= 11 is 0. The molecule has 1 aliphatic carbocycles. The van der Waals surface area contributed by atoms with E-state index in [0.717, 1.165) is 24.2 Å². The van der Waals surface area contributed by atoms with Gasteiger partial charge in [0.2, 0.25) is 5.91 Å². The van der Waals surface area contributed by atoms with Gasteiger partial charge >= 0.3 is 0 Å².